The number of carboxylic acids is 1. The second-order valence-electron chi connectivity index (χ2n) is 3.52. The van der Waals surface area contributed by atoms with E-state index in [1.54, 1.807) is 6.07 Å². The smallest absolute Gasteiger partial charge is 0.335 e. The summed E-state index contributed by atoms with van der Waals surface area (Å²) >= 11 is 1.35. The standard InChI is InChI=1S/C12H15NO4S/c1-3-9-6-8(12(15)16)7-10(13-9)18-5-4-11(14)17-2/h6-7H,3-5H2,1-2H3,(H,15,16). The maximum absolute atomic E-state index is 11.0. The van der Waals surface area contributed by atoms with Crippen molar-refractivity contribution in [2.24, 2.45) is 0 Å². The van der Waals surface area contributed by atoms with E-state index in [1.165, 1.54) is 24.9 Å². The van der Waals surface area contributed by atoms with Crippen LogP contribution in [0.5, 0.6) is 0 Å². The van der Waals surface area contributed by atoms with Crippen molar-refractivity contribution < 1.29 is 19.4 Å². The number of ether oxygens (including phenoxy) is 1. The highest BCUT2D eigenvalue weighted by molar-refractivity contribution is 7.99. The van der Waals surface area contributed by atoms with Gasteiger partial charge in [0.25, 0.3) is 0 Å². The minimum Gasteiger partial charge on any atom is -0.478 e. The molecule has 0 bridgehead atoms. The zero-order valence-electron chi connectivity index (χ0n) is 10.3. The van der Waals surface area contributed by atoms with E-state index in [-0.39, 0.29) is 18.0 Å². The van der Waals surface area contributed by atoms with Crippen LogP contribution in [0.3, 0.4) is 0 Å². The molecule has 0 radical (unpaired) electrons. The van der Waals surface area contributed by atoms with Gasteiger partial charge in [0.1, 0.15) is 0 Å². The van der Waals surface area contributed by atoms with Crippen molar-refractivity contribution in [2.45, 2.75) is 24.8 Å². The number of carbonyl (C=O) groups excluding carboxylic acids is 1. The van der Waals surface area contributed by atoms with Gasteiger partial charge in [0.15, 0.2) is 0 Å². The van der Waals surface area contributed by atoms with Crippen LogP contribution in [-0.4, -0.2) is 34.9 Å². The summed E-state index contributed by atoms with van der Waals surface area (Å²) in [4.78, 5) is 26.2. The normalized spacial score (nSPS) is 10.1. The Hall–Kier alpha value is -1.56. The molecule has 0 aromatic carbocycles. The number of rotatable bonds is 6. The van der Waals surface area contributed by atoms with E-state index < -0.39 is 5.97 Å². The van der Waals surface area contributed by atoms with Crippen LogP contribution in [0.1, 0.15) is 29.4 Å². The van der Waals surface area contributed by atoms with E-state index in [4.69, 9.17) is 5.11 Å². The third-order valence-corrected chi connectivity index (χ3v) is 3.16. The summed E-state index contributed by atoms with van der Waals surface area (Å²) in [6.07, 6.45) is 0.952. The van der Waals surface area contributed by atoms with Crippen LogP contribution >= 0.6 is 11.8 Å². The Labute approximate surface area is 110 Å². The summed E-state index contributed by atoms with van der Waals surface area (Å²) in [5.74, 6) is -0.735. The van der Waals surface area contributed by atoms with E-state index >= 15 is 0 Å². The fourth-order valence-corrected chi connectivity index (χ4v) is 2.15. The Morgan fingerprint density at radius 3 is 2.72 bits per heavy atom. The van der Waals surface area contributed by atoms with E-state index in [0.29, 0.717) is 17.2 Å². The van der Waals surface area contributed by atoms with Gasteiger partial charge in [-0.1, -0.05) is 6.92 Å². The van der Waals surface area contributed by atoms with Crippen LogP contribution < -0.4 is 0 Å². The van der Waals surface area contributed by atoms with E-state index in [2.05, 4.69) is 9.72 Å². The average Bonchev–Trinajstić information content (AvgIpc) is 2.37. The van der Waals surface area contributed by atoms with E-state index in [0.717, 1.165) is 5.69 Å². The first kappa shape index (κ1) is 14.5. The Morgan fingerprint density at radius 1 is 1.44 bits per heavy atom. The van der Waals surface area contributed by atoms with Gasteiger partial charge in [-0.3, -0.25) is 4.79 Å². The molecule has 1 N–H and O–H groups in total. The molecule has 0 fully saturated rings. The van der Waals surface area contributed by atoms with Crippen molar-refractivity contribution in [3.8, 4) is 0 Å². The van der Waals surface area contributed by atoms with Crippen molar-refractivity contribution in [2.75, 3.05) is 12.9 Å². The number of aromatic nitrogens is 1. The van der Waals surface area contributed by atoms with E-state index in [9.17, 15) is 9.59 Å². The molecule has 0 saturated carbocycles. The lowest BCUT2D eigenvalue weighted by atomic mass is 10.2. The van der Waals surface area contributed by atoms with E-state index in [1.807, 2.05) is 6.92 Å². The van der Waals surface area contributed by atoms with Crippen LogP contribution in [0.25, 0.3) is 0 Å². The highest BCUT2D eigenvalue weighted by atomic mass is 32.2. The third kappa shape index (κ3) is 4.37. The van der Waals surface area contributed by atoms with Crippen LogP contribution in [0.2, 0.25) is 0 Å². The van der Waals surface area contributed by atoms with Crippen LogP contribution in [-0.2, 0) is 16.0 Å². The number of carboxylic acid groups (broad SMARTS) is 1. The van der Waals surface area contributed by atoms with Gasteiger partial charge in [-0.05, 0) is 18.6 Å². The number of carbonyl (C=O) groups is 2. The summed E-state index contributed by atoms with van der Waals surface area (Å²) in [5.41, 5.74) is 0.956. The third-order valence-electron chi connectivity index (χ3n) is 2.25. The molecule has 0 amide bonds. The second-order valence-corrected chi connectivity index (χ2v) is 4.63. The molecule has 0 atom stereocenters. The minimum atomic E-state index is -0.970. The van der Waals surface area contributed by atoms with Crippen molar-refractivity contribution in [3.63, 3.8) is 0 Å². The quantitative estimate of drug-likeness (QED) is 0.628. The highest BCUT2D eigenvalue weighted by Crippen LogP contribution is 2.19. The SMILES string of the molecule is CCc1cc(C(=O)O)cc(SCCC(=O)OC)n1. The van der Waals surface area contributed by atoms with Gasteiger partial charge in [-0.25, -0.2) is 9.78 Å². The topological polar surface area (TPSA) is 76.5 Å². The molecule has 0 aliphatic rings. The Morgan fingerprint density at radius 2 is 2.17 bits per heavy atom. The van der Waals surface area contributed by atoms with Gasteiger partial charge in [0.05, 0.1) is 24.1 Å². The summed E-state index contributed by atoms with van der Waals surface area (Å²) in [6.45, 7) is 1.91. The lowest BCUT2D eigenvalue weighted by Gasteiger charge is -2.05. The van der Waals surface area contributed by atoms with Gasteiger partial charge in [-0.15, -0.1) is 11.8 Å². The number of aryl methyl sites for hydroxylation is 1. The molecule has 0 aliphatic carbocycles. The minimum absolute atomic E-state index is 0.224. The van der Waals surface area contributed by atoms with Gasteiger partial charge in [-0.2, -0.15) is 0 Å². The van der Waals surface area contributed by atoms with Gasteiger partial charge in [0.2, 0.25) is 0 Å². The molecule has 0 spiro atoms. The van der Waals surface area contributed by atoms with Gasteiger partial charge >= 0.3 is 11.9 Å². The molecule has 0 saturated heterocycles. The van der Waals surface area contributed by atoms with Crippen molar-refractivity contribution in [1.29, 1.82) is 0 Å². The molecule has 98 valence electrons. The summed E-state index contributed by atoms with van der Waals surface area (Å²) in [7, 11) is 1.34. The maximum Gasteiger partial charge on any atom is 0.335 e. The highest BCUT2D eigenvalue weighted by Gasteiger charge is 2.09. The van der Waals surface area contributed by atoms with Gasteiger partial charge < -0.3 is 9.84 Å². The molecule has 1 rings (SSSR count). The molecule has 1 aromatic heterocycles. The second kappa shape index (κ2) is 7.00. The number of nitrogens with zero attached hydrogens (tertiary/aromatic N) is 1. The summed E-state index contributed by atoms with van der Waals surface area (Å²) < 4.78 is 4.53. The first-order valence-corrected chi connectivity index (χ1v) is 6.49. The maximum atomic E-state index is 11.0. The monoisotopic (exact) mass is 269 g/mol. The number of hydrogen-bond donors (Lipinski definition) is 1. The average molecular weight is 269 g/mol. The molecule has 6 heteroatoms. The molecular weight excluding hydrogens is 254 g/mol. The zero-order chi connectivity index (χ0) is 13.5. The van der Waals surface area contributed by atoms with Crippen LogP contribution in [0, 0.1) is 0 Å². The number of hydrogen-bond acceptors (Lipinski definition) is 5. The molecule has 0 aliphatic heterocycles. The lowest BCUT2D eigenvalue weighted by Crippen LogP contribution is -2.03. The van der Waals surface area contributed by atoms with Crippen molar-refractivity contribution in [3.05, 3.63) is 23.4 Å². The predicted octanol–water partition coefficient (Wildman–Crippen LogP) is 2.00. The predicted molar refractivity (Wildman–Crippen MR) is 67.9 cm³/mol. The summed E-state index contributed by atoms with van der Waals surface area (Å²) in [5, 5.41) is 9.59. The first-order chi connectivity index (χ1) is 8.56. The first-order valence-electron chi connectivity index (χ1n) is 5.50. The molecular formula is C12H15NO4S. The number of methoxy groups -OCH3 is 1. The van der Waals surface area contributed by atoms with Crippen molar-refractivity contribution in [1.82, 2.24) is 4.98 Å². The van der Waals surface area contributed by atoms with Crippen LogP contribution in [0.15, 0.2) is 17.2 Å². The Kier molecular flexibility index (Phi) is 5.64. The Balaban J connectivity index is 2.72. The largest absolute Gasteiger partial charge is 0.478 e. The lowest BCUT2D eigenvalue weighted by molar-refractivity contribution is -0.140. The number of thioether (sulfide) groups is 1. The fraction of sp³-hybridized carbons (Fsp3) is 0.417. The zero-order valence-corrected chi connectivity index (χ0v) is 11.1. The molecule has 0 unspecified atom stereocenters. The summed E-state index contributed by atoms with van der Waals surface area (Å²) in [6, 6.07) is 3.08. The molecule has 18 heavy (non-hydrogen) atoms. The Bertz CT molecular complexity index is 448. The number of pyridine rings is 1. The number of esters is 1. The molecule has 1 heterocycles. The van der Waals surface area contributed by atoms with Crippen LogP contribution in [0.4, 0.5) is 0 Å². The van der Waals surface area contributed by atoms with Gasteiger partial charge in [0, 0.05) is 11.4 Å². The number of aromatic carboxylic acids is 1. The molecule has 1 aromatic rings. The van der Waals surface area contributed by atoms with Crippen molar-refractivity contribution >= 4 is 23.7 Å². The fourth-order valence-electron chi connectivity index (χ4n) is 1.28. The molecule has 5 nitrogen and oxygen atoms in total.